The van der Waals surface area contributed by atoms with E-state index in [1.165, 1.54) is 10.8 Å². The Bertz CT molecular complexity index is 3000. The van der Waals surface area contributed by atoms with E-state index in [-0.39, 0.29) is 0 Å². The highest BCUT2D eigenvalue weighted by atomic mass is 15.1. The highest BCUT2D eigenvalue weighted by Gasteiger charge is 2.21. The molecule has 52 heavy (non-hydrogen) atoms. The first-order chi connectivity index (χ1) is 25.8. The second-order valence-electron chi connectivity index (χ2n) is 12.9. The van der Waals surface area contributed by atoms with Crippen LogP contribution in [0.4, 0.5) is 5.69 Å². The lowest BCUT2D eigenvalue weighted by Gasteiger charge is -2.13. The van der Waals surface area contributed by atoms with Crippen molar-refractivity contribution in [2.75, 3.05) is 0 Å². The zero-order valence-corrected chi connectivity index (χ0v) is 28.0. The molecule has 0 aliphatic carbocycles. The molecular weight excluding hydrogens is 635 g/mol. The van der Waals surface area contributed by atoms with Crippen LogP contribution in [0, 0.1) is 6.57 Å². The second kappa shape index (κ2) is 11.9. The smallest absolute Gasteiger partial charge is 0.196 e. The zero-order valence-electron chi connectivity index (χ0n) is 28.0. The molecule has 0 atom stereocenters. The quantitative estimate of drug-likeness (QED) is 0.172. The lowest BCUT2D eigenvalue weighted by atomic mass is 9.99. The summed E-state index contributed by atoms with van der Waals surface area (Å²) in [6.45, 7) is 7.80. The number of aromatic nitrogens is 4. The molecule has 0 saturated carbocycles. The van der Waals surface area contributed by atoms with Gasteiger partial charge in [-0.1, -0.05) is 109 Å². The first-order valence-electron chi connectivity index (χ1n) is 17.3. The van der Waals surface area contributed by atoms with Crippen LogP contribution in [0.15, 0.2) is 176 Å². The third-order valence-corrected chi connectivity index (χ3v) is 9.99. The minimum atomic E-state index is 0.584. The van der Waals surface area contributed by atoms with E-state index < -0.39 is 0 Å². The summed E-state index contributed by atoms with van der Waals surface area (Å²) in [5.41, 5.74) is 12.7. The average molecular weight is 664 g/mol. The Hall–Kier alpha value is -7.29. The number of rotatable bonds is 5. The van der Waals surface area contributed by atoms with E-state index in [0.29, 0.717) is 5.69 Å². The molecule has 10 aromatic rings. The summed E-state index contributed by atoms with van der Waals surface area (Å²) >= 11 is 0. The molecule has 4 aromatic heterocycles. The van der Waals surface area contributed by atoms with Crippen molar-refractivity contribution in [2.24, 2.45) is 0 Å². The van der Waals surface area contributed by atoms with Crippen molar-refractivity contribution < 1.29 is 0 Å². The summed E-state index contributed by atoms with van der Waals surface area (Å²) in [5.74, 6) is 0. The summed E-state index contributed by atoms with van der Waals surface area (Å²) in [4.78, 5) is 13.9. The molecule has 0 aliphatic heterocycles. The molecule has 0 aliphatic rings. The molecule has 10 rings (SSSR count). The van der Waals surface area contributed by atoms with Crippen LogP contribution < -0.4 is 0 Å². The summed E-state index contributed by atoms with van der Waals surface area (Å²) < 4.78 is 4.67. The third-order valence-electron chi connectivity index (χ3n) is 9.99. The molecule has 0 radical (unpaired) electrons. The standard InChI is InChI=1S/C47H29N5/c1-48-40-20-10-8-17-38(40)42-30-33(31-13-4-2-5-14-31)29-41(50-42)32-22-24-35(25-23-32)52-46-36(37-19-12-28-49-47(37)52)26-27-44-45(46)39-18-9-11-21-43(39)51(44)34-15-6-3-7-16-34/h2-30H. The molecule has 0 spiro atoms. The van der Waals surface area contributed by atoms with E-state index in [2.05, 4.69) is 135 Å². The first-order valence-corrected chi connectivity index (χ1v) is 17.3. The van der Waals surface area contributed by atoms with Gasteiger partial charge < -0.3 is 4.57 Å². The topological polar surface area (TPSA) is 40.0 Å². The fourth-order valence-electron chi connectivity index (χ4n) is 7.67. The minimum absolute atomic E-state index is 0.584. The molecule has 0 fully saturated rings. The van der Waals surface area contributed by atoms with E-state index in [1.807, 2.05) is 54.7 Å². The predicted molar refractivity (Wildman–Crippen MR) is 213 cm³/mol. The normalized spacial score (nSPS) is 11.4. The Morgan fingerprint density at radius 3 is 2.00 bits per heavy atom. The maximum absolute atomic E-state index is 7.80. The largest absolute Gasteiger partial charge is 0.309 e. The van der Waals surface area contributed by atoms with Gasteiger partial charge in [0, 0.05) is 50.2 Å². The zero-order chi connectivity index (χ0) is 34.6. The van der Waals surface area contributed by atoms with Crippen LogP contribution in [0.2, 0.25) is 0 Å². The van der Waals surface area contributed by atoms with Gasteiger partial charge in [-0.25, -0.2) is 14.8 Å². The number of hydrogen-bond donors (Lipinski definition) is 0. The number of para-hydroxylation sites is 3. The summed E-state index contributed by atoms with van der Waals surface area (Å²) in [5, 5.41) is 4.66. The average Bonchev–Trinajstić information content (AvgIpc) is 3.74. The second-order valence-corrected chi connectivity index (χ2v) is 12.9. The Kier molecular flexibility index (Phi) is 6.80. The van der Waals surface area contributed by atoms with E-state index in [9.17, 15) is 0 Å². The van der Waals surface area contributed by atoms with Gasteiger partial charge in [0.05, 0.1) is 34.5 Å². The van der Waals surface area contributed by atoms with Crippen LogP contribution in [-0.2, 0) is 0 Å². The molecule has 0 saturated heterocycles. The SMILES string of the molecule is [C-]#[N+]c1ccccc1-c1cc(-c2ccccc2)cc(-c2ccc(-n3c4ncccc4c4ccc5c(c6ccccc6n5-c5ccccc5)c43)cc2)n1. The Labute approximate surface area is 300 Å². The molecule has 0 amide bonds. The van der Waals surface area contributed by atoms with Crippen molar-refractivity contribution >= 4 is 49.4 Å². The molecule has 5 heteroatoms. The number of hydrogen-bond acceptors (Lipinski definition) is 2. The van der Waals surface area contributed by atoms with Crippen LogP contribution in [0.5, 0.6) is 0 Å². The van der Waals surface area contributed by atoms with Gasteiger partial charge in [0.15, 0.2) is 5.69 Å². The Morgan fingerprint density at radius 2 is 1.17 bits per heavy atom. The van der Waals surface area contributed by atoms with Crippen molar-refractivity contribution in [2.45, 2.75) is 0 Å². The molecule has 0 bridgehead atoms. The van der Waals surface area contributed by atoms with Crippen molar-refractivity contribution in [1.29, 1.82) is 0 Å². The molecule has 4 heterocycles. The molecule has 0 N–H and O–H groups in total. The fourth-order valence-corrected chi connectivity index (χ4v) is 7.67. The van der Waals surface area contributed by atoms with Crippen LogP contribution in [0.25, 0.3) is 93.6 Å². The van der Waals surface area contributed by atoms with Gasteiger partial charge in [0.25, 0.3) is 0 Å². The highest BCUT2D eigenvalue weighted by molar-refractivity contribution is 6.25. The van der Waals surface area contributed by atoms with Crippen molar-refractivity contribution in [3.63, 3.8) is 0 Å². The minimum Gasteiger partial charge on any atom is -0.309 e. The first kappa shape index (κ1) is 29.6. The third kappa shape index (κ3) is 4.63. The molecule has 242 valence electrons. The lowest BCUT2D eigenvalue weighted by molar-refractivity contribution is 1.14. The molecule has 5 nitrogen and oxygen atoms in total. The predicted octanol–water partition coefficient (Wildman–Crippen LogP) is 12.2. The maximum Gasteiger partial charge on any atom is 0.196 e. The van der Waals surface area contributed by atoms with Crippen LogP contribution in [-0.4, -0.2) is 19.1 Å². The van der Waals surface area contributed by atoms with Gasteiger partial charge >= 0.3 is 0 Å². The Balaban J connectivity index is 1.19. The summed E-state index contributed by atoms with van der Waals surface area (Å²) in [7, 11) is 0. The fraction of sp³-hybridized carbons (Fsp3) is 0. The van der Waals surface area contributed by atoms with Gasteiger partial charge in [-0.15, -0.1) is 0 Å². The number of pyridine rings is 2. The van der Waals surface area contributed by atoms with Gasteiger partial charge in [0.2, 0.25) is 0 Å². The van der Waals surface area contributed by atoms with Gasteiger partial charge in [0.1, 0.15) is 5.65 Å². The van der Waals surface area contributed by atoms with Gasteiger partial charge in [-0.2, -0.15) is 0 Å². The monoisotopic (exact) mass is 663 g/mol. The van der Waals surface area contributed by atoms with Gasteiger partial charge in [-0.05, 0) is 71.8 Å². The van der Waals surface area contributed by atoms with Crippen molar-refractivity contribution in [3.05, 3.63) is 187 Å². The van der Waals surface area contributed by atoms with E-state index in [0.717, 1.165) is 78.0 Å². The van der Waals surface area contributed by atoms with E-state index in [1.54, 1.807) is 0 Å². The summed E-state index contributed by atoms with van der Waals surface area (Å²) in [6.07, 6.45) is 1.87. The van der Waals surface area contributed by atoms with Crippen LogP contribution in [0.1, 0.15) is 0 Å². The van der Waals surface area contributed by atoms with Crippen LogP contribution in [0.3, 0.4) is 0 Å². The molecule has 0 unspecified atom stereocenters. The van der Waals surface area contributed by atoms with Crippen LogP contribution >= 0.6 is 0 Å². The van der Waals surface area contributed by atoms with E-state index >= 15 is 0 Å². The lowest BCUT2D eigenvalue weighted by Crippen LogP contribution is -1.97. The van der Waals surface area contributed by atoms with Gasteiger partial charge in [-0.3, -0.25) is 4.57 Å². The van der Waals surface area contributed by atoms with Crippen molar-refractivity contribution in [3.8, 4) is 45.0 Å². The van der Waals surface area contributed by atoms with E-state index in [4.69, 9.17) is 16.5 Å². The maximum atomic E-state index is 7.80. The Morgan fingerprint density at radius 1 is 0.481 bits per heavy atom. The molecular formula is C47H29N5. The number of nitrogens with zero attached hydrogens (tertiary/aromatic N) is 5. The van der Waals surface area contributed by atoms with Crippen molar-refractivity contribution in [1.82, 2.24) is 19.1 Å². The number of benzene rings is 6. The highest BCUT2D eigenvalue weighted by Crippen LogP contribution is 2.42. The summed E-state index contributed by atoms with van der Waals surface area (Å²) in [6, 6.07) is 58.8. The molecule has 6 aromatic carbocycles. The number of fused-ring (bicyclic) bond motifs is 7.